The maximum atomic E-state index is 11.0. The van der Waals surface area contributed by atoms with Crippen LogP contribution in [0.25, 0.3) is 16.8 Å². The Bertz CT molecular complexity index is 1350. The topological polar surface area (TPSA) is 102 Å². The number of aromatic nitrogens is 2. The lowest BCUT2D eigenvalue weighted by Crippen LogP contribution is -2.38. The number of fused-ring (bicyclic) bond motifs is 1. The minimum absolute atomic E-state index is 0.0305. The quantitative estimate of drug-likeness (QED) is 0.282. The number of oxazole rings is 1. The van der Waals surface area contributed by atoms with Crippen LogP contribution in [0.2, 0.25) is 0 Å². The summed E-state index contributed by atoms with van der Waals surface area (Å²) in [6.45, 7) is 7.84. The molecular weight excluding hydrogens is 484 g/mol. The van der Waals surface area contributed by atoms with Gasteiger partial charge in [-0.25, -0.2) is 0 Å². The van der Waals surface area contributed by atoms with E-state index in [0.717, 1.165) is 55.2 Å². The van der Waals surface area contributed by atoms with Crippen molar-refractivity contribution in [1.82, 2.24) is 14.5 Å². The first kappa shape index (κ1) is 25.7. The number of ether oxygens (including phenoxy) is 2. The highest BCUT2D eigenvalue weighted by molar-refractivity contribution is 5.78. The van der Waals surface area contributed by atoms with Gasteiger partial charge in [-0.1, -0.05) is 6.07 Å². The number of carboxylic acids is 1. The van der Waals surface area contributed by atoms with Gasteiger partial charge >= 0.3 is 5.97 Å². The van der Waals surface area contributed by atoms with Crippen molar-refractivity contribution < 1.29 is 23.8 Å². The molecule has 4 aromatic rings. The van der Waals surface area contributed by atoms with E-state index in [1.807, 2.05) is 42.9 Å². The second-order valence-corrected chi connectivity index (χ2v) is 9.48. The van der Waals surface area contributed by atoms with Crippen LogP contribution < -0.4 is 14.8 Å². The number of aliphatic carboxylic acids is 1. The highest BCUT2D eigenvalue weighted by Gasteiger charge is 2.22. The Morgan fingerprint density at radius 1 is 1.05 bits per heavy atom. The van der Waals surface area contributed by atoms with Crippen molar-refractivity contribution in [3.05, 3.63) is 66.0 Å². The van der Waals surface area contributed by atoms with Gasteiger partial charge in [0, 0.05) is 38.1 Å². The lowest BCUT2D eigenvalue weighted by molar-refractivity contribution is -0.136. The van der Waals surface area contributed by atoms with Gasteiger partial charge in [0.25, 0.3) is 6.01 Å². The van der Waals surface area contributed by atoms with Gasteiger partial charge in [0.1, 0.15) is 22.7 Å². The molecule has 0 unspecified atom stereocenters. The van der Waals surface area contributed by atoms with Crippen LogP contribution in [0.15, 0.2) is 59.3 Å². The number of rotatable bonds is 11. The fourth-order valence-corrected chi connectivity index (χ4v) is 4.98. The smallest absolute Gasteiger partial charge is 0.307 e. The Labute approximate surface area is 222 Å². The summed E-state index contributed by atoms with van der Waals surface area (Å²) in [6.07, 6.45) is 5.90. The minimum atomic E-state index is -0.863. The molecule has 1 aliphatic rings. The monoisotopic (exact) mass is 518 g/mol. The van der Waals surface area contributed by atoms with Gasteiger partial charge < -0.3 is 28.9 Å². The van der Waals surface area contributed by atoms with Gasteiger partial charge in [-0.05, 0) is 74.2 Å². The highest BCUT2D eigenvalue weighted by atomic mass is 16.5. The third-order valence-electron chi connectivity index (χ3n) is 6.69. The van der Waals surface area contributed by atoms with E-state index in [-0.39, 0.29) is 12.5 Å². The van der Waals surface area contributed by atoms with Crippen LogP contribution in [-0.4, -0.2) is 57.9 Å². The van der Waals surface area contributed by atoms with Gasteiger partial charge in [-0.15, -0.1) is 0 Å². The maximum Gasteiger partial charge on any atom is 0.307 e. The second-order valence-electron chi connectivity index (χ2n) is 9.48. The number of benzene rings is 2. The van der Waals surface area contributed by atoms with Crippen LogP contribution in [0.5, 0.6) is 11.5 Å². The Balaban J connectivity index is 1.23. The lowest BCUT2D eigenvalue weighted by atomic mass is 10.0. The van der Waals surface area contributed by atoms with E-state index in [2.05, 4.69) is 27.3 Å². The Morgan fingerprint density at radius 3 is 2.37 bits per heavy atom. The third-order valence-corrected chi connectivity index (χ3v) is 6.69. The van der Waals surface area contributed by atoms with E-state index >= 15 is 0 Å². The molecule has 1 saturated heterocycles. The molecule has 0 spiro atoms. The average molecular weight is 519 g/mol. The second kappa shape index (κ2) is 11.6. The van der Waals surface area contributed by atoms with Crippen LogP contribution in [0.1, 0.15) is 37.8 Å². The Morgan fingerprint density at radius 2 is 1.74 bits per heavy atom. The Hall–Kier alpha value is -3.98. The standard InChI is InChI=1S/C29H34N4O5/c1-3-36-25-16-21(17-26(37-4-2)28(25)33-11-5-6-12-33)19-32-13-9-22(10-14-32)30-29-31-23-15-20(18-27(34)35)7-8-24(23)38-29/h5-8,11-12,15-17,22H,3-4,9-10,13-14,18-19H2,1-2H3,(H,30,31)(H,34,35). The molecule has 0 aliphatic carbocycles. The number of hydrogen-bond donors (Lipinski definition) is 2. The number of nitrogens with one attached hydrogen (secondary N) is 1. The minimum Gasteiger partial charge on any atom is -0.492 e. The van der Waals surface area contributed by atoms with Gasteiger partial charge in [-0.2, -0.15) is 4.98 Å². The average Bonchev–Trinajstić information content (AvgIpc) is 3.55. The summed E-state index contributed by atoms with van der Waals surface area (Å²) in [4.78, 5) is 18.0. The van der Waals surface area contributed by atoms with Crippen LogP contribution >= 0.6 is 0 Å². The number of carboxylic acid groups (broad SMARTS) is 1. The molecule has 3 heterocycles. The van der Waals surface area contributed by atoms with Gasteiger partial charge in [0.05, 0.1) is 19.6 Å². The highest BCUT2D eigenvalue weighted by Crippen LogP contribution is 2.35. The molecule has 1 aliphatic heterocycles. The molecule has 5 rings (SSSR count). The van der Waals surface area contributed by atoms with Gasteiger partial charge in [0.15, 0.2) is 5.58 Å². The van der Waals surface area contributed by atoms with Gasteiger partial charge in [0.2, 0.25) is 0 Å². The molecule has 2 aromatic heterocycles. The number of piperidine rings is 1. The van der Waals surface area contributed by atoms with Crippen LogP contribution in [0.3, 0.4) is 0 Å². The van der Waals surface area contributed by atoms with E-state index in [1.54, 1.807) is 18.2 Å². The summed E-state index contributed by atoms with van der Waals surface area (Å²) in [5, 5.41) is 12.5. The van der Waals surface area contributed by atoms with Crippen molar-refractivity contribution in [1.29, 1.82) is 0 Å². The normalized spacial score (nSPS) is 14.6. The third kappa shape index (κ3) is 5.94. The molecule has 38 heavy (non-hydrogen) atoms. The molecule has 2 N–H and O–H groups in total. The van der Waals surface area contributed by atoms with Crippen molar-refractivity contribution in [3.8, 4) is 17.2 Å². The molecule has 0 radical (unpaired) electrons. The van der Waals surface area contributed by atoms with Crippen molar-refractivity contribution in [3.63, 3.8) is 0 Å². The fourth-order valence-electron chi connectivity index (χ4n) is 4.98. The van der Waals surface area contributed by atoms with Crippen LogP contribution in [-0.2, 0) is 17.8 Å². The first-order valence-electron chi connectivity index (χ1n) is 13.2. The molecule has 2 aromatic carbocycles. The maximum absolute atomic E-state index is 11.0. The summed E-state index contributed by atoms with van der Waals surface area (Å²) in [6, 6.07) is 14.3. The predicted octanol–water partition coefficient (Wildman–Crippen LogP) is 5.12. The number of carbonyl (C=O) groups is 1. The zero-order valence-corrected chi connectivity index (χ0v) is 21.9. The van der Waals surface area contributed by atoms with Crippen molar-refractivity contribution >= 4 is 23.1 Å². The number of hydrogen-bond acceptors (Lipinski definition) is 7. The summed E-state index contributed by atoms with van der Waals surface area (Å²) in [7, 11) is 0. The lowest BCUT2D eigenvalue weighted by Gasteiger charge is -2.32. The van der Waals surface area contributed by atoms with Crippen LogP contribution in [0.4, 0.5) is 6.01 Å². The summed E-state index contributed by atoms with van der Waals surface area (Å²) < 4.78 is 20.0. The number of likely N-dealkylation sites (tertiary alicyclic amines) is 1. The molecule has 1 fully saturated rings. The molecule has 200 valence electrons. The number of nitrogens with zero attached hydrogens (tertiary/aromatic N) is 3. The van der Waals surface area contributed by atoms with Crippen molar-refractivity contribution in [2.24, 2.45) is 0 Å². The van der Waals surface area contributed by atoms with E-state index in [4.69, 9.17) is 19.0 Å². The Kier molecular flexibility index (Phi) is 7.83. The molecule has 0 amide bonds. The summed E-state index contributed by atoms with van der Waals surface area (Å²) >= 11 is 0. The zero-order chi connectivity index (χ0) is 26.5. The molecule has 9 heteroatoms. The number of anilines is 1. The summed E-state index contributed by atoms with van der Waals surface area (Å²) in [5.41, 5.74) is 4.12. The molecule has 9 nitrogen and oxygen atoms in total. The zero-order valence-electron chi connectivity index (χ0n) is 21.9. The van der Waals surface area contributed by atoms with E-state index in [1.165, 1.54) is 0 Å². The van der Waals surface area contributed by atoms with E-state index in [0.29, 0.717) is 35.9 Å². The molecular formula is C29H34N4O5. The van der Waals surface area contributed by atoms with Crippen LogP contribution in [0, 0.1) is 0 Å². The molecule has 0 saturated carbocycles. The van der Waals surface area contributed by atoms with E-state index < -0.39 is 5.97 Å². The van der Waals surface area contributed by atoms with Crippen molar-refractivity contribution in [2.75, 3.05) is 31.6 Å². The first-order valence-corrected chi connectivity index (χ1v) is 13.2. The summed E-state index contributed by atoms with van der Waals surface area (Å²) in [5.74, 6) is 0.783. The molecule has 0 atom stereocenters. The fraction of sp³-hybridized carbons (Fsp3) is 0.379. The molecule has 0 bridgehead atoms. The largest absolute Gasteiger partial charge is 0.492 e. The predicted molar refractivity (Wildman–Crippen MR) is 145 cm³/mol. The SMILES string of the molecule is CCOc1cc(CN2CCC(Nc3nc4cc(CC(=O)O)ccc4o3)CC2)cc(OCC)c1-n1cccc1. The van der Waals surface area contributed by atoms with E-state index in [9.17, 15) is 4.79 Å². The van der Waals surface area contributed by atoms with Gasteiger partial charge in [-0.3, -0.25) is 9.69 Å². The first-order chi connectivity index (χ1) is 18.5. The van der Waals surface area contributed by atoms with Crippen molar-refractivity contribution in [2.45, 2.75) is 45.7 Å².